The second kappa shape index (κ2) is 6.92. The van der Waals surface area contributed by atoms with Crippen molar-refractivity contribution < 1.29 is 9.59 Å². The van der Waals surface area contributed by atoms with E-state index in [0.29, 0.717) is 16.3 Å². The van der Waals surface area contributed by atoms with Crippen molar-refractivity contribution in [2.75, 3.05) is 0 Å². The van der Waals surface area contributed by atoms with Gasteiger partial charge in [-0.25, -0.2) is 9.98 Å². The lowest BCUT2D eigenvalue weighted by molar-refractivity contribution is -0.116. The normalized spacial score (nSPS) is 20.1. The summed E-state index contributed by atoms with van der Waals surface area (Å²) in [5.74, 6) is -0.413. The summed E-state index contributed by atoms with van der Waals surface area (Å²) in [6, 6.07) is 3.82. The van der Waals surface area contributed by atoms with Gasteiger partial charge in [0.15, 0.2) is 5.13 Å². The van der Waals surface area contributed by atoms with Crippen molar-refractivity contribution in [2.24, 2.45) is 10.9 Å². The Bertz CT molecular complexity index is 1040. The van der Waals surface area contributed by atoms with Crippen LogP contribution in [0.3, 0.4) is 0 Å². The van der Waals surface area contributed by atoms with E-state index in [-0.39, 0.29) is 17.7 Å². The first-order valence-electron chi connectivity index (χ1n) is 8.70. The molecular formula is C20H18N4O2S. The third kappa shape index (κ3) is 3.33. The molecule has 0 aromatic carbocycles. The Morgan fingerprint density at radius 3 is 2.85 bits per heavy atom. The summed E-state index contributed by atoms with van der Waals surface area (Å²) in [6.45, 7) is 3.83. The van der Waals surface area contributed by atoms with Gasteiger partial charge in [0.25, 0.3) is 5.91 Å². The van der Waals surface area contributed by atoms with Gasteiger partial charge in [-0.2, -0.15) is 0 Å². The van der Waals surface area contributed by atoms with E-state index in [1.807, 2.05) is 55.1 Å². The molecule has 0 fully saturated rings. The van der Waals surface area contributed by atoms with Gasteiger partial charge in [0.2, 0.25) is 5.91 Å². The Morgan fingerprint density at radius 1 is 1.33 bits per heavy atom. The number of carbonyl (C=O) groups excluding carboxylic acids is 2. The molecule has 1 aliphatic heterocycles. The van der Waals surface area contributed by atoms with Gasteiger partial charge in [-0.15, -0.1) is 0 Å². The zero-order valence-electron chi connectivity index (χ0n) is 15.0. The minimum atomic E-state index is -0.327. The first-order chi connectivity index (χ1) is 13.0. The molecule has 0 radical (unpaired) electrons. The second-order valence-electron chi connectivity index (χ2n) is 6.34. The smallest absolute Gasteiger partial charge is 0.289 e. The molecule has 0 saturated heterocycles. The Kier molecular flexibility index (Phi) is 4.45. The number of hydrogen-bond donors (Lipinski definition) is 1. The number of thiazole rings is 1. The molecule has 0 saturated carbocycles. The highest BCUT2D eigenvalue weighted by Crippen LogP contribution is 2.29. The van der Waals surface area contributed by atoms with Gasteiger partial charge < -0.3 is 9.88 Å². The third-order valence-corrected chi connectivity index (χ3v) is 5.68. The first-order valence-corrected chi connectivity index (χ1v) is 9.52. The van der Waals surface area contributed by atoms with Gasteiger partial charge in [-0.3, -0.25) is 9.59 Å². The SMILES string of the molecule is CCC1=CC(=O)NC2=CC(=NC(=O)c3sc(-n4cccc4)nc3C)C=CC12. The molecule has 2 aliphatic rings. The van der Waals surface area contributed by atoms with E-state index in [1.165, 1.54) is 11.3 Å². The van der Waals surface area contributed by atoms with E-state index in [4.69, 9.17) is 0 Å². The number of allylic oxidation sites excluding steroid dienone is 3. The van der Waals surface area contributed by atoms with Crippen LogP contribution < -0.4 is 5.32 Å². The summed E-state index contributed by atoms with van der Waals surface area (Å²) < 4.78 is 1.87. The van der Waals surface area contributed by atoms with Gasteiger partial charge in [-0.05, 0) is 37.6 Å². The fourth-order valence-electron chi connectivity index (χ4n) is 3.18. The molecule has 2 aromatic rings. The van der Waals surface area contributed by atoms with E-state index >= 15 is 0 Å². The summed E-state index contributed by atoms with van der Waals surface area (Å²) in [7, 11) is 0. The highest BCUT2D eigenvalue weighted by molar-refractivity contribution is 7.16. The number of nitrogens with one attached hydrogen (secondary N) is 1. The molecule has 4 rings (SSSR count). The molecule has 3 heterocycles. The lowest BCUT2D eigenvalue weighted by atomic mass is 9.86. The van der Waals surface area contributed by atoms with Gasteiger partial charge in [0, 0.05) is 30.1 Å². The molecule has 1 aliphatic carbocycles. The topological polar surface area (TPSA) is 76.3 Å². The molecular weight excluding hydrogens is 360 g/mol. The van der Waals surface area contributed by atoms with Gasteiger partial charge >= 0.3 is 0 Å². The molecule has 0 spiro atoms. The summed E-state index contributed by atoms with van der Waals surface area (Å²) in [6.07, 6.45) is 11.8. The lowest BCUT2D eigenvalue weighted by Gasteiger charge is -2.26. The van der Waals surface area contributed by atoms with Crippen LogP contribution >= 0.6 is 11.3 Å². The van der Waals surface area contributed by atoms with E-state index < -0.39 is 0 Å². The van der Waals surface area contributed by atoms with Gasteiger partial charge in [0.05, 0.1) is 11.4 Å². The molecule has 1 atom stereocenters. The molecule has 136 valence electrons. The maximum atomic E-state index is 12.7. The minimum Gasteiger partial charge on any atom is -0.325 e. The van der Waals surface area contributed by atoms with Crippen LogP contribution in [0.25, 0.3) is 5.13 Å². The number of aliphatic imine (C=N–C) groups is 1. The minimum absolute atomic E-state index is 0.0484. The van der Waals surface area contributed by atoms with Crippen LogP contribution in [-0.4, -0.2) is 27.1 Å². The van der Waals surface area contributed by atoms with Gasteiger partial charge in [0.1, 0.15) is 4.88 Å². The van der Waals surface area contributed by atoms with Crippen LogP contribution in [-0.2, 0) is 4.79 Å². The number of hydrogen-bond acceptors (Lipinski definition) is 4. The largest absolute Gasteiger partial charge is 0.325 e. The summed E-state index contributed by atoms with van der Waals surface area (Å²) in [4.78, 5) is 33.7. The van der Waals surface area contributed by atoms with E-state index in [0.717, 1.165) is 22.8 Å². The fraction of sp³-hybridized carbons (Fsp3) is 0.200. The maximum absolute atomic E-state index is 12.7. The molecule has 0 bridgehead atoms. The summed E-state index contributed by atoms with van der Waals surface area (Å²) in [5, 5.41) is 3.58. The molecule has 7 heteroatoms. The first kappa shape index (κ1) is 17.4. The zero-order valence-corrected chi connectivity index (χ0v) is 15.8. The highest BCUT2D eigenvalue weighted by Gasteiger charge is 2.25. The van der Waals surface area contributed by atoms with E-state index in [2.05, 4.69) is 15.3 Å². The van der Waals surface area contributed by atoms with Crippen molar-refractivity contribution in [3.63, 3.8) is 0 Å². The van der Waals surface area contributed by atoms with Crippen LogP contribution in [0.5, 0.6) is 0 Å². The van der Waals surface area contributed by atoms with Crippen LogP contribution in [0.2, 0.25) is 0 Å². The number of carbonyl (C=O) groups is 2. The monoisotopic (exact) mass is 378 g/mol. The standard InChI is InChI=1S/C20H18N4O2S/c1-3-13-10-17(25)23-16-11-14(6-7-15(13)16)22-19(26)18-12(2)21-20(27-18)24-8-4-5-9-24/h4-11,15H,3H2,1-2H3,(H,23,25). The van der Waals surface area contributed by atoms with Gasteiger partial charge in [-0.1, -0.05) is 29.9 Å². The molecule has 2 aromatic heterocycles. The lowest BCUT2D eigenvalue weighted by Crippen LogP contribution is -2.33. The third-order valence-electron chi connectivity index (χ3n) is 4.53. The number of amides is 2. The number of fused-ring (bicyclic) bond motifs is 1. The Morgan fingerprint density at radius 2 is 2.11 bits per heavy atom. The van der Waals surface area contributed by atoms with Crippen molar-refractivity contribution in [3.8, 4) is 5.13 Å². The molecule has 2 amide bonds. The van der Waals surface area contributed by atoms with Crippen LogP contribution in [0.4, 0.5) is 0 Å². The molecule has 1 unspecified atom stereocenters. The number of rotatable bonds is 3. The predicted molar refractivity (Wildman–Crippen MR) is 105 cm³/mol. The number of aromatic nitrogens is 2. The average molecular weight is 378 g/mol. The van der Waals surface area contributed by atoms with Crippen LogP contribution in [0, 0.1) is 12.8 Å². The number of nitrogens with zero attached hydrogens (tertiary/aromatic N) is 3. The molecule has 27 heavy (non-hydrogen) atoms. The summed E-state index contributed by atoms with van der Waals surface area (Å²) in [5.41, 5.74) is 3.01. The van der Waals surface area contributed by atoms with Crippen molar-refractivity contribution in [2.45, 2.75) is 20.3 Å². The van der Waals surface area contributed by atoms with Crippen molar-refractivity contribution >= 4 is 28.9 Å². The van der Waals surface area contributed by atoms with Crippen molar-refractivity contribution in [3.05, 3.63) is 70.7 Å². The van der Waals surface area contributed by atoms with Crippen LogP contribution in [0.15, 0.2) is 65.1 Å². The van der Waals surface area contributed by atoms with Crippen LogP contribution in [0.1, 0.15) is 28.7 Å². The maximum Gasteiger partial charge on any atom is 0.289 e. The molecule has 1 N–H and O–H groups in total. The highest BCUT2D eigenvalue weighted by atomic mass is 32.1. The zero-order chi connectivity index (χ0) is 19.0. The number of aryl methyl sites for hydroxylation is 1. The summed E-state index contributed by atoms with van der Waals surface area (Å²) >= 11 is 1.31. The predicted octanol–water partition coefficient (Wildman–Crippen LogP) is 3.36. The Labute approximate surface area is 160 Å². The Balaban J connectivity index is 1.61. The quantitative estimate of drug-likeness (QED) is 0.890. The van der Waals surface area contributed by atoms with Crippen molar-refractivity contribution in [1.82, 2.24) is 14.9 Å². The van der Waals surface area contributed by atoms with E-state index in [1.54, 1.807) is 12.2 Å². The fourth-order valence-corrected chi connectivity index (χ4v) is 4.10. The van der Waals surface area contributed by atoms with E-state index in [9.17, 15) is 9.59 Å². The Hall–Kier alpha value is -3.06. The molecule has 6 nitrogen and oxygen atoms in total. The average Bonchev–Trinajstić information content (AvgIpc) is 3.30. The van der Waals surface area contributed by atoms with Crippen molar-refractivity contribution in [1.29, 1.82) is 0 Å². The second-order valence-corrected chi connectivity index (χ2v) is 7.32.